The molecule has 3 rings (SSSR count). The van der Waals surface area contributed by atoms with E-state index in [4.69, 9.17) is 4.74 Å². The zero-order valence-electron chi connectivity index (χ0n) is 13.2. The molecule has 1 aromatic rings. The second-order valence-electron chi connectivity index (χ2n) is 7.68. The third-order valence-corrected chi connectivity index (χ3v) is 5.57. The topological polar surface area (TPSA) is 66.4 Å². The Labute approximate surface area is 130 Å². The van der Waals surface area contributed by atoms with E-state index in [1.165, 1.54) is 12.1 Å². The summed E-state index contributed by atoms with van der Waals surface area (Å²) in [7, 11) is 0. The molecule has 2 bridgehead atoms. The van der Waals surface area contributed by atoms with E-state index in [-0.39, 0.29) is 22.6 Å². The van der Waals surface area contributed by atoms with Crippen molar-refractivity contribution in [1.29, 1.82) is 0 Å². The Hall–Kier alpha value is -1.84. The second-order valence-corrected chi connectivity index (χ2v) is 7.68. The predicted octanol–water partition coefficient (Wildman–Crippen LogP) is 2.42. The molecule has 0 spiro atoms. The highest BCUT2D eigenvalue weighted by Crippen LogP contribution is 2.63. The Balaban J connectivity index is 1.79. The van der Waals surface area contributed by atoms with Crippen LogP contribution in [0.4, 0.5) is 0 Å². The predicted molar refractivity (Wildman–Crippen MR) is 79.2 cm³/mol. The summed E-state index contributed by atoms with van der Waals surface area (Å²) in [5.74, 6) is -1.35. The van der Waals surface area contributed by atoms with Crippen molar-refractivity contribution >= 4 is 11.9 Å². The SMILES string of the molecule is CC1(C)C[C@]2(C)C[C@H]1C[C@@H]2OC(=O)c1ccccc1C(=O)[O-]. The fourth-order valence-electron chi connectivity index (χ4n) is 4.51. The van der Waals surface area contributed by atoms with Gasteiger partial charge in [-0.15, -0.1) is 0 Å². The smallest absolute Gasteiger partial charge is 0.339 e. The molecule has 0 N–H and O–H groups in total. The van der Waals surface area contributed by atoms with Gasteiger partial charge in [-0.05, 0) is 36.7 Å². The maximum atomic E-state index is 12.4. The zero-order chi connectivity index (χ0) is 16.1. The number of ether oxygens (including phenoxy) is 1. The number of benzene rings is 1. The summed E-state index contributed by atoms with van der Waals surface area (Å²) in [4.78, 5) is 23.5. The highest BCUT2D eigenvalue weighted by Gasteiger charge is 2.58. The van der Waals surface area contributed by atoms with E-state index in [0.29, 0.717) is 11.3 Å². The minimum atomic E-state index is -1.35. The number of carboxylic acid groups (broad SMARTS) is 1. The van der Waals surface area contributed by atoms with Crippen LogP contribution >= 0.6 is 0 Å². The van der Waals surface area contributed by atoms with Gasteiger partial charge in [0.2, 0.25) is 0 Å². The summed E-state index contributed by atoms with van der Waals surface area (Å²) in [5, 5.41) is 11.1. The molecule has 2 aliphatic carbocycles. The number of rotatable bonds is 3. The Morgan fingerprint density at radius 1 is 1.18 bits per heavy atom. The molecule has 22 heavy (non-hydrogen) atoms. The third-order valence-electron chi connectivity index (χ3n) is 5.57. The van der Waals surface area contributed by atoms with Gasteiger partial charge in [-0.1, -0.05) is 39.0 Å². The zero-order valence-corrected chi connectivity index (χ0v) is 13.2. The van der Waals surface area contributed by atoms with Crippen LogP contribution in [0.2, 0.25) is 0 Å². The van der Waals surface area contributed by atoms with Crippen molar-refractivity contribution in [2.24, 2.45) is 16.7 Å². The lowest BCUT2D eigenvalue weighted by atomic mass is 9.71. The van der Waals surface area contributed by atoms with Crippen LogP contribution in [0.5, 0.6) is 0 Å². The van der Waals surface area contributed by atoms with Crippen molar-refractivity contribution in [1.82, 2.24) is 0 Å². The fourth-order valence-corrected chi connectivity index (χ4v) is 4.51. The molecule has 0 heterocycles. The second kappa shape index (κ2) is 4.83. The van der Waals surface area contributed by atoms with E-state index in [9.17, 15) is 14.7 Å². The molecule has 0 amide bonds. The van der Waals surface area contributed by atoms with Crippen LogP contribution in [0, 0.1) is 16.7 Å². The standard InChI is InChI=1S/C18H22O4/c1-17(2)10-18(3)9-11(17)8-14(18)22-16(21)13-7-5-4-6-12(13)15(19)20/h4-7,11,14H,8-10H2,1-3H3,(H,19,20)/p-1/t11-,14+,18+/m1/s1. The maximum absolute atomic E-state index is 12.4. The molecule has 1 aromatic carbocycles. The minimum absolute atomic E-state index is 0.000242. The van der Waals surface area contributed by atoms with Crippen molar-refractivity contribution in [2.75, 3.05) is 0 Å². The molecule has 0 aliphatic heterocycles. The van der Waals surface area contributed by atoms with Crippen molar-refractivity contribution in [3.63, 3.8) is 0 Å². The van der Waals surface area contributed by atoms with Crippen molar-refractivity contribution in [3.8, 4) is 0 Å². The monoisotopic (exact) mass is 301 g/mol. The van der Waals surface area contributed by atoms with Crippen LogP contribution in [-0.2, 0) is 4.74 Å². The van der Waals surface area contributed by atoms with E-state index in [1.807, 2.05) is 0 Å². The highest BCUT2D eigenvalue weighted by atomic mass is 16.5. The summed E-state index contributed by atoms with van der Waals surface area (Å²) < 4.78 is 5.69. The normalized spacial score (nSPS) is 32.0. The molecule has 118 valence electrons. The first-order chi connectivity index (χ1) is 10.2. The number of esters is 1. The number of fused-ring (bicyclic) bond motifs is 2. The highest BCUT2D eigenvalue weighted by molar-refractivity contribution is 6.01. The number of carboxylic acids is 1. The molecule has 2 saturated carbocycles. The minimum Gasteiger partial charge on any atom is -0.545 e. The van der Waals surface area contributed by atoms with Gasteiger partial charge in [-0.2, -0.15) is 0 Å². The molecule has 0 unspecified atom stereocenters. The van der Waals surface area contributed by atoms with Crippen LogP contribution in [0.3, 0.4) is 0 Å². The Kier molecular flexibility index (Phi) is 3.31. The number of aromatic carboxylic acids is 1. The van der Waals surface area contributed by atoms with Gasteiger partial charge < -0.3 is 14.6 Å². The number of carbonyl (C=O) groups excluding carboxylic acids is 2. The first-order valence-electron chi connectivity index (χ1n) is 7.74. The molecule has 0 radical (unpaired) electrons. The first kappa shape index (κ1) is 15.1. The molecule has 0 aromatic heterocycles. The van der Waals surface area contributed by atoms with E-state index in [1.54, 1.807) is 12.1 Å². The van der Waals surface area contributed by atoms with Gasteiger partial charge in [-0.25, -0.2) is 4.79 Å². The van der Waals surface area contributed by atoms with Crippen molar-refractivity contribution in [2.45, 2.75) is 46.1 Å². The number of hydrogen-bond acceptors (Lipinski definition) is 4. The summed E-state index contributed by atoms with van der Waals surface area (Å²) in [6.07, 6.45) is 2.83. The third kappa shape index (κ3) is 2.31. The lowest BCUT2D eigenvalue weighted by molar-refractivity contribution is -0.255. The van der Waals surface area contributed by atoms with Crippen molar-refractivity contribution < 1.29 is 19.4 Å². The average molecular weight is 301 g/mol. The van der Waals surface area contributed by atoms with Gasteiger partial charge in [0.1, 0.15) is 6.10 Å². The van der Waals surface area contributed by atoms with Gasteiger partial charge in [0, 0.05) is 11.0 Å². The van der Waals surface area contributed by atoms with Gasteiger partial charge in [0.05, 0.1) is 11.5 Å². The van der Waals surface area contributed by atoms with Crippen LogP contribution in [0.15, 0.2) is 24.3 Å². The Bertz CT molecular complexity index is 634. The lowest BCUT2D eigenvalue weighted by Crippen LogP contribution is -2.37. The Morgan fingerprint density at radius 3 is 2.32 bits per heavy atom. The summed E-state index contributed by atoms with van der Waals surface area (Å²) >= 11 is 0. The molecular weight excluding hydrogens is 280 g/mol. The summed E-state index contributed by atoms with van der Waals surface area (Å²) in [6.45, 7) is 6.71. The van der Waals surface area contributed by atoms with E-state index >= 15 is 0 Å². The first-order valence-corrected chi connectivity index (χ1v) is 7.74. The van der Waals surface area contributed by atoms with Gasteiger partial charge in [0.25, 0.3) is 0 Å². The van der Waals surface area contributed by atoms with Crippen molar-refractivity contribution in [3.05, 3.63) is 35.4 Å². The molecule has 2 aliphatic rings. The van der Waals surface area contributed by atoms with Gasteiger partial charge in [0.15, 0.2) is 0 Å². The largest absolute Gasteiger partial charge is 0.545 e. The Morgan fingerprint density at radius 2 is 1.82 bits per heavy atom. The van der Waals surface area contributed by atoms with Crippen LogP contribution < -0.4 is 5.11 Å². The summed E-state index contributed by atoms with van der Waals surface area (Å²) in [5.41, 5.74) is 0.259. The fraction of sp³-hybridized carbons (Fsp3) is 0.556. The van der Waals surface area contributed by atoms with Crippen LogP contribution in [0.1, 0.15) is 60.7 Å². The van der Waals surface area contributed by atoms with Gasteiger partial charge in [-0.3, -0.25) is 0 Å². The average Bonchev–Trinajstić information content (AvgIpc) is 2.86. The molecule has 4 nitrogen and oxygen atoms in total. The van der Waals surface area contributed by atoms with E-state index in [2.05, 4.69) is 20.8 Å². The quantitative estimate of drug-likeness (QED) is 0.804. The molecule has 4 heteroatoms. The lowest BCUT2D eigenvalue weighted by Gasteiger charge is -2.38. The number of carbonyl (C=O) groups is 2. The van der Waals surface area contributed by atoms with Gasteiger partial charge >= 0.3 is 5.97 Å². The van der Waals surface area contributed by atoms with E-state index < -0.39 is 11.9 Å². The molecule has 2 fully saturated rings. The number of hydrogen-bond donors (Lipinski definition) is 0. The maximum Gasteiger partial charge on any atom is 0.339 e. The molecule has 0 saturated heterocycles. The molecular formula is C18H21O4-. The van der Waals surface area contributed by atoms with E-state index in [0.717, 1.165) is 19.3 Å². The van der Waals surface area contributed by atoms with Crippen LogP contribution in [0.25, 0.3) is 0 Å². The summed E-state index contributed by atoms with van der Waals surface area (Å²) in [6, 6.07) is 6.06. The van der Waals surface area contributed by atoms with Crippen LogP contribution in [-0.4, -0.2) is 18.0 Å². The molecule has 3 atom stereocenters.